The lowest BCUT2D eigenvalue weighted by Gasteiger charge is -2.12. The summed E-state index contributed by atoms with van der Waals surface area (Å²) < 4.78 is 5.88. The van der Waals surface area contributed by atoms with Crippen molar-refractivity contribution < 1.29 is 4.74 Å². The fourth-order valence-corrected chi connectivity index (χ4v) is 2.30. The molecule has 1 saturated carbocycles. The molecule has 1 aliphatic carbocycles. The Kier molecular flexibility index (Phi) is 5.73. The highest BCUT2D eigenvalue weighted by atomic mass is 16.5. The fourth-order valence-electron chi connectivity index (χ4n) is 2.30. The number of ether oxygens (including phenoxy) is 1. The number of nitrogens with zero attached hydrogens (tertiary/aromatic N) is 2. The van der Waals surface area contributed by atoms with E-state index in [1.165, 1.54) is 24.1 Å². The van der Waals surface area contributed by atoms with Gasteiger partial charge in [0.25, 0.3) is 0 Å². The van der Waals surface area contributed by atoms with E-state index < -0.39 is 0 Å². The van der Waals surface area contributed by atoms with Crippen molar-refractivity contribution in [1.29, 1.82) is 0 Å². The smallest absolute Gasteiger partial charge is 0.220 e. The Bertz CT molecular complexity index is 550. The van der Waals surface area contributed by atoms with Gasteiger partial charge in [0.05, 0.1) is 5.69 Å². The minimum atomic E-state index is 0.564. The zero-order chi connectivity index (χ0) is 15.1. The molecule has 1 aliphatic rings. The van der Waals surface area contributed by atoms with Crippen molar-refractivity contribution >= 4 is 0 Å². The van der Waals surface area contributed by atoms with Crippen LogP contribution in [0.15, 0.2) is 36.7 Å². The Hall–Kier alpha value is -1.90. The zero-order valence-electron chi connectivity index (χ0n) is 13.2. The van der Waals surface area contributed by atoms with E-state index in [-0.39, 0.29) is 0 Å². The highest BCUT2D eigenvalue weighted by molar-refractivity contribution is 5.34. The third-order valence-electron chi connectivity index (χ3n) is 3.48. The molecular formula is C18H24N2O. The lowest BCUT2D eigenvalue weighted by atomic mass is 10.1. The number of hydrogen-bond acceptors (Lipinski definition) is 3. The van der Waals surface area contributed by atoms with Gasteiger partial charge in [0.1, 0.15) is 12.9 Å². The lowest BCUT2D eigenvalue weighted by Crippen LogP contribution is -2.04. The van der Waals surface area contributed by atoms with E-state index in [9.17, 15) is 0 Å². The highest BCUT2D eigenvalue weighted by Crippen LogP contribution is 2.42. The van der Waals surface area contributed by atoms with Crippen LogP contribution >= 0.6 is 0 Å². The quantitative estimate of drug-likeness (QED) is 0.809. The molecule has 1 aromatic heterocycles. The molecule has 0 spiro atoms. The topological polar surface area (TPSA) is 35.0 Å². The van der Waals surface area contributed by atoms with Crippen LogP contribution in [-0.2, 0) is 13.0 Å². The van der Waals surface area contributed by atoms with Gasteiger partial charge in [-0.15, -0.1) is 0 Å². The summed E-state index contributed by atoms with van der Waals surface area (Å²) >= 11 is 0. The minimum Gasteiger partial charge on any atom is -0.473 e. The molecule has 0 bridgehead atoms. The van der Waals surface area contributed by atoms with Gasteiger partial charge in [-0.2, -0.15) is 0 Å². The average Bonchev–Trinajstić information content (AvgIpc) is 3.40. The molecule has 0 atom stereocenters. The lowest BCUT2D eigenvalue weighted by molar-refractivity contribution is 0.289. The fraction of sp³-hybridized carbons (Fsp3) is 0.444. The summed E-state index contributed by atoms with van der Waals surface area (Å²) in [5, 5.41) is 0. The molecule has 3 heteroatoms. The van der Waals surface area contributed by atoms with Gasteiger partial charge in [-0.3, -0.25) is 0 Å². The summed E-state index contributed by atoms with van der Waals surface area (Å²) in [7, 11) is 0. The second-order valence-electron chi connectivity index (χ2n) is 4.94. The molecule has 1 fully saturated rings. The largest absolute Gasteiger partial charge is 0.473 e. The Labute approximate surface area is 127 Å². The van der Waals surface area contributed by atoms with Gasteiger partial charge < -0.3 is 4.74 Å². The molecule has 0 amide bonds. The van der Waals surface area contributed by atoms with Crippen LogP contribution < -0.4 is 4.74 Å². The molecule has 0 N–H and O–H groups in total. The van der Waals surface area contributed by atoms with Gasteiger partial charge in [0.15, 0.2) is 0 Å². The third kappa shape index (κ3) is 4.03. The maximum atomic E-state index is 5.88. The Balaban J connectivity index is 0.000000774. The molecule has 112 valence electrons. The second-order valence-corrected chi connectivity index (χ2v) is 4.94. The molecule has 0 unspecified atom stereocenters. The van der Waals surface area contributed by atoms with Gasteiger partial charge in [-0.1, -0.05) is 51.1 Å². The molecule has 0 radical (unpaired) electrons. The third-order valence-corrected chi connectivity index (χ3v) is 3.48. The first-order chi connectivity index (χ1) is 10.4. The normalized spacial score (nSPS) is 13.3. The summed E-state index contributed by atoms with van der Waals surface area (Å²) in [6.07, 6.45) is 5.06. The predicted molar refractivity (Wildman–Crippen MR) is 85.5 cm³/mol. The zero-order valence-corrected chi connectivity index (χ0v) is 13.2. The van der Waals surface area contributed by atoms with Crippen LogP contribution in [0.1, 0.15) is 56.4 Å². The van der Waals surface area contributed by atoms with Crippen LogP contribution in [0.4, 0.5) is 0 Å². The molecule has 1 heterocycles. The van der Waals surface area contributed by atoms with E-state index in [0.29, 0.717) is 12.5 Å². The van der Waals surface area contributed by atoms with Crippen LogP contribution in [0.5, 0.6) is 5.88 Å². The van der Waals surface area contributed by atoms with E-state index in [1.54, 1.807) is 6.33 Å². The molecular weight excluding hydrogens is 260 g/mol. The molecule has 21 heavy (non-hydrogen) atoms. The molecule has 1 aromatic carbocycles. The number of rotatable bonds is 5. The Morgan fingerprint density at radius 2 is 1.81 bits per heavy atom. The van der Waals surface area contributed by atoms with Crippen molar-refractivity contribution in [1.82, 2.24) is 9.97 Å². The van der Waals surface area contributed by atoms with Crippen LogP contribution in [0, 0.1) is 0 Å². The summed E-state index contributed by atoms with van der Waals surface area (Å²) in [4.78, 5) is 8.74. The van der Waals surface area contributed by atoms with Gasteiger partial charge in [-0.25, -0.2) is 9.97 Å². The van der Waals surface area contributed by atoms with Crippen LogP contribution in [-0.4, -0.2) is 9.97 Å². The van der Waals surface area contributed by atoms with Crippen LogP contribution in [0.25, 0.3) is 0 Å². The van der Waals surface area contributed by atoms with Crippen molar-refractivity contribution in [3.05, 3.63) is 53.5 Å². The first kappa shape index (κ1) is 15.5. The SMILES string of the molecule is CC.CCc1c(OCc2ccccc2)ncnc1C1CC1. The summed E-state index contributed by atoms with van der Waals surface area (Å²) in [5.74, 6) is 1.39. The second kappa shape index (κ2) is 7.77. The molecule has 0 aliphatic heterocycles. The van der Waals surface area contributed by atoms with Gasteiger partial charge in [0.2, 0.25) is 5.88 Å². The van der Waals surface area contributed by atoms with Gasteiger partial charge >= 0.3 is 0 Å². The first-order valence-electron chi connectivity index (χ1n) is 7.89. The standard InChI is InChI=1S/C16H18N2O.C2H6/c1-2-14-15(13-8-9-13)17-11-18-16(14)19-10-12-6-4-3-5-7-12;1-2/h3-7,11,13H,2,8-10H2,1H3;1-2H3. The van der Waals surface area contributed by atoms with Crippen molar-refractivity contribution in [2.75, 3.05) is 0 Å². The van der Waals surface area contributed by atoms with E-state index in [1.807, 2.05) is 32.0 Å². The summed E-state index contributed by atoms with van der Waals surface area (Å²) in [6.45, 7) is 6.70. The number of aromatic nitrogens is 2. The van der Waals surface area contributed by atoms with Crippen molar-refractivity contribution in [3.8, 4) is 5.88 Å². The van der Waals surface area contributed by atoms with E-state index in [2.05, 4.69) is 29.0 Å². The molecule has 3 rings (SSSR count). The molecule has 3 nitrogen and oxygen atoms in total. The first-order valence-corrected chi connectivity index (χ1v) is 7.89. The number of hydrogen-bond donors (Lipinski definition) is 0. The highest BCUT2D eigenvalue weighted by Gasteiger charge is 2.28. The summed E-state index contributed by atoms with van der Waals surface area (Å²) in [5.41, 5.74) is 3.54. The van der Waals surface area contributed by atoms with Crippen LogP contribution in [0.3, 0.4) is 0 Å². The number of benzene rings is 1. The monoisotopic (exact) mass is 284 g/mol. The van der Waals surface area contributed by atoms with E-state index in [4.69, 9.17) is 4.74 Å². The molecule has 0 saturated heterocycles. The minimum absolute atomic E-state index is 0.564. The van der Waals surface area contributed by atoms with Crippen molar-refractivity contribution in [2.24, 2.45) is 0 Å². The predicted octanol–water partition coefficient (Wildman–Crippen LogP) is 4.52. The Morgan fingerprint density at radius 1 is 1.10 bits per heavy atom. The van der Waals surface area contributed by atoms with Gasteiger partial charge in [-0.05, 0) is 24.8 Å². The van der Waals surface area contributed by atoms with Gasteiger partial charge in [0, 0.05) is 11.5 Å². The van der Waals surface area contributed by atoms with E-state index >= 15 is 0 Å². The molecule has 2 aromatic rings. The average molecular weight is 284 g/mol. The van der Waals surface area contributed by atoms with Crippen molar-refractivity contribution in [3.63, 3.8) is 0 Å². The van der Waals surface area contributed by atoms with Crippen molar-refractivity contribution in [2.45, 2.75) is 52.6 Å². The maximum Gasteiger partial charge on any atom is 0.220 e. The Morgan fingerprint density at radius 3 is 2.43 bits per heavy atom. The van der Waals surface area contributed by atoms with E-state index in [0.717, 1.165) is 17.9 Å². The summed E-state index contributed by atoms with van der Waals surface area (Å²) in [6, 6.07) is 10.2. The van der Waals surface area contributed by atoms with Crippen LogP contribution in [0.2, 0.25) is 0 Å². The maximum absolute atomic E-state index is 5.88.